The van der Waals surface area contributed by atoms with Crippen molar-refractivity contribution in [2.24, 2.45) is 5.92 Å². The number of hydrogen-bond donors (Lipinski definition) is 2. The van der Waals surface area contributed by atoms with E-state index in [9.17, 15) is 4.79 Å². The molecule has 0 radical (unpaired) electrons. The summed E-state index contributed by atoms with van der Waals surface area (Å²) in [7, 11) is 3.33. The molecule has 138 valence electrons. The molecule has 1 saturated carbocycles. The van der Waals surface area contributed by atoms with E-state index in [4.69, 9.17) is 9.47 Å². The number of methoxy groups -OCH3 is 2. The Morgan fingerprint density at radius 3 is 2.52 bits per heavy atom. The van der Waals surface area contributed by atoms with Crippen LogP contribution in [0.15, 0.2) is 12.1 Å². The van der Waals surface area contributed by atoms with E-state index in [1.807, 2.05) is 0 Å². The number of nitrogens with one attached hydrogen (secondary N) is 2. The number of carbonyl (C=O) groups is 1. The molecule has 1 aliphatic carbocycles. The zero-order valence-electron chi connectivity index (χ0n) is 15.7. The van der Waals surface area contributed by atoms with Gasteiger partial charge in [0, 0.05) is 18.0 Å². The highest BCUT2D eigenvalue weighted by atomic mass is 16.5. The lowest BCUT2D eigenvalue weighted by Crippen LogP contribution is -3.13. The first-order chi connectivity index (χ1) is 12.1. The molecular formula is C20H31N2O3+. The van der Waals surface area contributed by atoms with Crippen molar-refractivity contribution in [3.63, 3.8) is 0 Å². The lowest BCUT2D eigenvalue weighted by atomic mass is 9.86. The third kappa shape index (κ3) is 4.27. The Labute approximate surface area is 150 Å². The Balaban J connectivity index is 1.59. The number of fused-ring (bicyclic) bond motifs is 1. The molecule has 25 heavy (non-hydrogen) atoms. The van der Waals surface area contributed by atoms with E-state index >= 15 is 0 Å². The van der Waals surface area contributed by atoms with Crippen LogP contribution in [0.3, 0.4) is 0 Å². The van der Waals surface area contributed by atoms with Crippen molar-refractivity contribution in [3.8, 4) is 11.5 Å². The molecule has 1 heterocycles. The van der Waals surface area contributed by atoms with Gasteiger partial charge < -0.3 is 19.7 Å². The number of ether oxygens (including phenoxy) is 2. The summed E-state index contributed by atoms with van der Waals surface area (Å²) in [6.45, 7) is 4.66. The molecule has 1 aromatic carbocycles. The Morgan fingerprint density at radius 1 is 1.16 bits per heavy atom. The highest BCUT2D eigenvalue weighted by molar-refractivity contribution is 5.77. The monoisotopic (exact) mass is 347 g/mol. The second kappa shape index (κ2) is 8.09. The smallest absolute Gasteiger partial charge is 0.275 e. The Hall–Kier alpha value is -1.75. The summed E-state index contributed by atoms with van der Waals surface area (Å²) in [5.41, 5.74) is 2.57. The molecule has 5 nitrogen and oxygen atoms in total. The van der Waals surface area contributed by atoms with Gasteiger partial charge in [0.15, 0.2) is 18.0 Å². The van der Waals surface area contributed by atoms with E-state index in [2.05, 4.69) is 24.4 Å². The zero-order chi connectivity index (χ0) is 17.8. The van der Waals surface area contributed by atoms with Crippen LogP contribution in [-0.2, 0) is 17.8 Å². The number of amides is 1. The number of hydrogen-bond acceptors (Lipinski definition) is 3. The lowest BCUT2D eigenvalue weighted by Gasteiger charge is -2.31. The molecule has 3 atom stereocenters. The molecule has 0 aromatic heterocycles. The topological polar surface area (TPSA) is 52.0 Å². The number of rotatable bonds is 5. The van der Waals surface area contributed by atoms with Crippen molar-refractivity contribution in [3.05, 3.63) is 23.3 Å². The maximum Gasteiger partial charge on any atom is 0.275 e. The van der Waals surface area contributed by atoms with E-state index in [0.29, 0.717) is 18.5 Å². The van der Waals surface area contributed by atoms with Crippen LogP contribution in [0.5, 0.6) is 11.5 Å². The number of quaternary nitrogens is 1. The summed E-state index contributed by atoms with van der Waals surface area (Å²) in [6.07, 6.45) is 5.87. The van der Waals surface area contributed by atoms with E-state index in [-0.39, 0.29) is 5.91 Å². The summed E-state index contributed by atoms with van der Waals surface area (Å²) in [5, 5.41) is 3.28. The second-order valence-corrected chi connectivity index (χ2v) is 7.52. The van der Waals surface area contributed by atoms with Gasteiger partial charge in [0.25, 0.3) is 5.91 Å². The normalized spacial score (nSPS) is 25.8. The SMILES string of the molecule is COc1cc2c(cc1OC)C[NH+](CC(=O)N[C@H]1CCCC[C@@H]1C)CC2. The van der Waals surface area contributed by atoms with Gasteiger partial charge in [-0.25, -0.2) is 0 Å². The van der Waals surface area contributed by atoms with Crippen LogP contribution in [0, 0.1) is 5.92 Å². The van der Waals surface area contributed by atoms with Crippen molar-refractivity contribution >= 4 is 5.91 Å². The quantitative estimate of drug-likeness (QED) is 0.845. The summed E-state index contributed by atoms with van der Waals surface area (Å²) in [4.78, 5) is 13.8. The Morgan fingerprint density at radius 2 is 1.84 bits per heavy atom. The van der Waals surface area contributed by atoms with Crippen LogP contribution in [-0.4, -0.2) is 39.3 Å². The number of benzene rings is 1. The molecule has 1 unspecified atom stereocenters. The van der Waals surface area contributed by atoms with Crippen molar-refractivity contribution in [1.29, 1.82) is 0 Å². The van der Waals surface area contributed by atoms with Gasteiger partial charge in [0.1, 0.15) is 6.54 Å². The van der Waals surface area contributed by atoms with E-state index < -0.39 is 0 Å². The minimum atomic E-state index is 0.192. The maximum atomic E-state index is 12.5. The van der Waals surface area contributed by atoms with Crippen molar-refractivity contribution in [2.75, 3.05) is 27.3 Å². The standard InChI is InChI=1S/C20H30N2O3/c1-14-6-4-5-7-17(14)21-20(23)13-22-9-8-15-10-18(24-2)19(25-3)11-16(15)12-22/h10-11,14,17H,4-9,12-13H2,1-3H3,(H,21,23)/p+1/t14-,17-/m0/s1. The third-order valence-corrected chi connectivity index (χ3v) is 5.76. The summed E-state index contributed by atoms with van der Waals surface area (Å²) < 4.78 is 10.8. The molecule has 1 aromatic rings. The van der Waals surface area contributed by atoms with Gasteiger partial charge in [0.2, 0.25) is 0 Å². The van der Waals surface area contributed by atoms with Gasteiger partial charge in [-0.05, 0) is 36.5 Å². The molecule has 5 heteroatoms. The van der Waals surface area contributed by atoms with Crippen LogP contribution in [0.2, 0.25) is 0 Å². The third-order valence-electron chi connectivity index (χ3n) is 5.76. The largest absolute Gasteiger partial charge is 0.493 e. The second-order valence-electron chi connectivity index (χ2n) is 7.52. The highest BCUT2D eigenvalue weighted by Gasteiger charge is 2.27. The molecule has 1 fully saturated rings. The minimum absolute atomic E-state index is 0.192. The summed E-state index contributed by atoms with van der Waals surface area (Å²) in [6, 6.07) is 4.51. The molecule has 2 aliphatic rings. The number of carbonyl (C=O) groups excluding carboxylic acids is 1. The molecule has 2 N–H and O–H groups in total. The molecule has 1 aliphatic heterocycles. The molecule has 0 spiro atoms. The predicted molar refractivity (Wildman–Crippen MR) is 97.2 cm³/mol. The Kier molecular flexibility index (Phi) is 5.84. The molecule has 0 saturated heterocycles. The fraction of sp³-hybridized carbons (Fsp3) is 0.650. The summed E-state index contributed by atoms with van der Waals surface area (Å²) >= 11 is 0. The summed E-state index contributed by atoms with van der Waals surface area (Å²) in [5.74, 6) is 2.35. The molecular weight excluding hydrogens is 316 g/mol. The average molecular weight is 347 g/mol. The van der Waals surface area contributed by atoms with Crippen LogP contribution in [0.4, 0.5) is 0 Å². The van der Waals surface area contributed by atoms with Gasteiger partial charge >= 0.3 is 0 Å². The fourth-order valence-electron chi connectivity index (χ4n) is 4.20. The molecule has 3 rings (SSSR count). The Bertz CT molecular complexity index is 617. The molecule has 0 bridgehead atoms. The first-order valence-electron chi connectivity index (χ1n) is 9.47. The first-order valence-corrected chi connectivity index (χ1v) is 9.47. The van der Waals surface area contributed by atoms with Crippen molar-refractivity contribution < 1.29 is 19.2 Å². The predicted octanol–water partition coefficient (Wildman–Crippen LogP) is 1.34. The average Bonchev–Trinajstić information content (AvgIpc) is 2.62. The van der Waals surface area contributed by atoms with Crippen molar-refractivity contribution in [1.82, 2.24) is 5.32 Å². The maximum absolute atomic E-state index is 12.5. The van der Waals surface area contributed by atoms with Crippen molar-refractivity contribution in [2.45, 2.75) is 51.6 Å². The zero-order valence-corrected chi connectivity index (χ0v) is 15.7. The van der Waals surface area contributed by atoms with Gasteiger partial charge in [-0.1, -0.05) is 19.8 Å². The molecule has 1 amide bonds. The van der Waals surface area contributed by atoms with E-state index in [1.165, 1.54) is 35.3 Å². The first kappa shape index (κ1) is 18.1. The van der Waals surface area contributed by atoms with Gasteiger partial charge in [-0.2, -0.15) is 0 Å². The van der Waals surface area contributed by atoms with Gasteiger partial charge in [0.05, 0.1) is 20.8 Å². The van der Waals surface area contributed by atoms with Crippen LogP contribution in [0.25, 0.3) is 0 Å². The van der Waals surface area contributed by atoms with Gasteiger partial charge in [-0.15, -0.1) is 0 Å². The van der Waals surface area contributed by atoms with Gasteiger partial charge in [-0.3, -0.25) is 4.79 Å². The van der Waals surface area contributed by atoms with Crippen LogP contribution >= 0.6 is 0 Å². The lowest BCUT2D eigenvalue weighted by molar-refractivity contribution is -0.908. The van der Waals surface area contributed by atoms with Crippen LogP contribution in [0.1, 0.15) is 43.7 Å². The highest BCUT2D eigenvalue weighted by Crippen LogP contribution is 2.31. The fourth-order valence-corrected chi connectivity index (χ4v) is 4.20. The van der Waals surface area contributed by atoms with Crippen LogP contribution < -0.4 is 19.7 Å². The van der Waals surface area contributed by atoms with E-state index in [1.54, 1.807) is 14.2 Å². The minimum Gasteiger partial charge on any atom is -0.493 e. The van der Waals surface area contributed by atoms with E-state index in [0.717, 1.165) is 37.4 Å².